The molecule has 148 valence electrons. The van der Waals surface area contributed by atoms with Gasteiger partial charge in [-0.25, -0.2) is 18.1 Å². The monoisotopic (exact) mass is 409 g/mol. The highest BCUT2D eigenvalue weighted by Gasteiger charge is 2.30. The third kappa shape index (κ3) is 3.64. The third-order valence-corrected chi connectivity index (χ3v) is 6.48. The molecule has 0 atom stereocenters. The number of imidazole rings is 1. The molecular formula is C19H18F3N3O2S. The van der Waals surface area contributed by atoms with Crippen molar-refractivity contribution in [2.24, 2.45) is 0 Å². The van der Waals surface area contributed by atoms with Crippen LogP contribution in [0.15, 0.2) is 47.4 Å². The number of aromatic nitrogens is 2. The van der Waals surface area contributed by atoms with Crippen LogP contribution in [0.25, 0.3) is 22.4 Å². The topological polar surface area (TPSA) is 74.8 Å². The van der Waals surface area contributed by atoms with Crippen molar-refractivity contribution in [3.63, 3.8) is 0 Å². The molecule has 1 aromatic heterocycles. The van der Waals surface area contributed by atoms with Crippen LogP contribution in [0.5, 0.6) is 0 Å². The lowest BCUT2D eigenvalue weighted by Crippen LogP contribution is -2.32. The molecule has 28 heavy (non-hydrogen) atoms. The Balaban J connectivity index is 1.71. The van der Waals surface area contributed by atoms with Crippen LogP contribution in [0.1, 0.15) is 31.2 Å². The summed E-state index contributed by atoms with van der Waals surface area (Å²) in [6.45, 7) is 0. The lowest BCUT2D eigenvalue weighted by Gasteiger charge is -2.12. The molecule has 0 bridgehead atoms. The van der Waals surface area contributed by atoms with Crippen LogP contribution in [0.2, 0.25) is 0 Å². The number of sulfonamides is 1. The van der Waals surface area contributed by atoms with Crippen molar-refractivity contribution in [1.82, 2.24) is 14.7 Å². The number of nitrogens with zero attached hydrogens (tertiary/aromatic N) is 1. The van der Waals surface area contributed by atoms with E-state index in [0.717, 1.165) is 37.8 Å². The van der Waals surface area contributed by atoms with Crippen LogP contribution in [0.3, 0.4) is 0 Å². The lowest BCUT2D eigenvalue weighted by molar-refractivity contribution is -0.137. The molecular weight excluding hydrogens is 391 g/mol. The highest BCUT2D eigenvalue weighted by Crippen LogP contribution is 2.31. The predicted octanol–water partition coefficient (Wildman–Crippen LogP) is 4.47. The van der Waals surface area contributed by atoms with Gasteiger partial charge in [0.25, 0.3) is 0 Å². The summed E-state index contributed by atoms with van der Waals surface area (Å²) in [5.41, 5.74) is 0.458. The van der Waals surface area contributed by atoms with Crippen molar-refractivity contribution >= 4 is 21.1 Å². The second kappa shape index (κ2) is 6.89. The zero-order valence-corrected chi connectivity index (χ0v) is 15.6. The Morgan fingerprint density at radius 3 is 2.36 bits per heavy atom. The summed E-state index contributed by atoms with van der Waals surface area (Å²) < 4.78 is 66.6. The molecule has 1 heterocycles. The highest BCUT2D eigenvalue weighted by atomic mass is 32.2. The zero-order chi connectivity index (χ0) is 19.9. The van der Waals surface area contributed by atoms with Gasteiger partial charge in [-0.05, 0) is 37.1 Å². The average molecular weight is 409 g/mol. The van der Waals surface area contributed by atoms with Gasteiger partial charge in [-0.15, -0.1) is 0 Å². The maximum Gasteiger partial charge on any atom is 0.416 e. The average Bonchev–Trinajstić information content (AvgIpc) is 3.29. The Morgan fingerprint density at radius 1 is 1.04 bits per heavy atom. The minimum absolute atomic E-state index is 0.0614. The van der Waals surface area contributed by atoms with Crippen LogP contribution in [-0.4, -0.2) is 24.4 Å². The second-order valence-electron chi connectivity index (χ2n) is 6.92. The molecule has 1 fully saturated rings. The molecule has 4 rings (SSSR count). The fourth-order valence-corrected chi connectivity index (χ4v) is 4.97. The largest absolute Gasteiger partial charge is 0.416 e. The van der Waals surface area contributed by atoms with E-state index in [2.05, 4.69) is 14.7 Å². The molecule has 5 nitrogen and oxygen atoms in total. The molecule has 1 aliphatic carbocycles. The van der Waals surface area contributed by atoms with Crippen molar-refractivity contribution in [2.75, 3.05) is 0 Å². The van der Waals surface area contributed by atoms with Gasteiger partial charge in [-0.1, -0.05) is 31.0 Å². The first-order chi connectivity index (χ1) is 13.2. The van der Waals surface area contributed by atoms with E-state index in [1.165, 1.54) is 18.2 Å². The predicted molar refractivity (Wildman–Crippen MR) is 99.1 cm³/mol. The first-order valence-corrected chi connectivity index (χ1v) is 10.4. The van der Waals surface area contributed by atoms with Gasteiger partial charge in [0, 0.05) is 11.6 Å². The molecule has 9 heteroatoms. The Morgan fingerprint density at radius 2 is 1.71 bits per heavy atom. The number of rotatable bonds is 4. The minimum Gasteiger partial charge on any atom is -0.338 e. The number of H-pyrrole nitrogens is 1. The Bertz CT molecular complexity index is 1100. The molecule has 2 aromatic carbocycles. The summed E-state index contributed by atoms with van der Waals surface area (Å²) in [6.07, 6.45) is -0.797. The quantitative estimate of drug-likeness (QED) is 0.668. The number of nitrogens with one attached hydrogen (secondary N) is 2. The number of fused-ring (bicyclic) bond motifs is 1. The molecule has 0 aliphatic heterocycles. The van der Waals surface area contributed by atoms with E-state index in [1.807, 2.05) is 0 Å². The highest BCUT2D eigenvalue weighted by molar-refractivity contribution is 7.89. The fraction of sp³-hybridized carbons (Fsp3) is 0.316. The number of alkyl halides is 3. The van der Waals surface area contributed by atoms with E-state index in [9.17, 15) is 21.6 Å². The van der Waals surface area contributed by atoms with Gasteiger partial charge in [0.05, 0.1) is 11.1 Å². The van der Waals surface area contributed by atoms with Gasteiger partial charge >= 0.3 is 6.18 Å². The van der Waals surface area contributed by atoms with Crippen LogP contribution in [0, 0.1) is 0 Å². The van der Waals surface area contributed by atoms with Crippen LogP contribution < -0.4 is 4.72 Å². The van der Waals surface area contributed by atoms with E-state index in [-0.39, 0.29) is 16.5 Å². The number of halogens is 3. The smallest absolute Gasteiger partial charge is 0.338 e. The standard InChI is InChI=1S/C19H18F3N3O2S/c20-19(21,22)13-10-8-12(9-11-13)18-23-15-6-3-7-16(17(15)24-18)28(26,27)25-14-4-1-2-5-14/h3,6-11,14,25H,1-2,4-5H2,(H,23,24). The summed E-state index contributed by atoms with van der Waals surface area (Å²) in [7, 11) is -3.75. The summed E-state index contributed by atoms with van der Waals surface area (Å²) in [6, 6.07) is 9.27. The Kier molecular flexibility index (Phi) is 4.67. The molecule has 0 saturated heterocycles. The van der Waals surface area contributed by atoms with E-state index in [1.54, 1.807) is 12.1 Å². The van der Waals surface area contributed by atoms with E-state index < -0.39 is 21.8 Å². The summed E-state index contributed by atoms with van der Waals surface area (Å²) in [5.74, 6) is 0.312. The van der Waals surface area contributed by atoms with Gasteiger partial charge in [0.2, 0.25) is 10.0 Å². The van der Waals surface area contributed by atoms with E-state index in [0.29, 0.717) is 16.9 Å². The Hall–Kier alpha value is -2.39. The van der Waals surface area contributed by atoms with Crippen LogP contribution in [0.4, 0.5) is 13.2 Å². The van der Waals surface area contributed by atoms with Crippen LogP contribution >= 0.6 is 0 Å². The molecule has 2 N–H and O–H groups in total. The SMILES string of the molecule is O=S(=O)(NC1CCCC1)c1cccc2[nH]c(-c3ccc(C(F)(F)F)cc3)nc12. The maximum atomic E-state index is 12.8. The van der Waals surface area contributed by atoms with Crippen molar-refractivity contribution in [2.45, 2.75) is 42.8 Å². The number of benzene rings is 2. The molecule has 0 amide bonds. The molecule has 0 spiro atoms. The van der Waals surface area contributed by atoms with Gasteiger partial charge in [-0.2, -0.15) is 13.2 Å². The second-order valence-corrected chi connectivity index (χ2v) is 8.60. The third-order valence-electron chi connectivity index (χ3n) is 4.93. The first kappa shape index (κ1) is 18.9. The van der Waals surface area contributed by atoms with Crippen molar-refractivity contribution in [1.29, 1.82) is 0 Å². The lowest BCUT2D eigenvalue weighted by atomic mass is 10.1. The summed E-state index contributed by atoms with van der Waals surface area (Å²) in [5, 5.41) is 0. The number of hydrogen-bond donors (Lipinski definition) is 2. The van der Waals surface area contributed by atoms with Crippen LogP contribution in [-0.2, 0) is 16.2 Å². The molecule has 0 radical (unpaired) electrons. The van der Waals surface area contributed by atoms with Crippen molar-refractivity contribution in [3.8, 4) is 11.4 Å². The summed E-state index contributed by atoms with van der Waals surface area (Å²) in [4.78, 5) is 7.41. The minimum atomic E-state index is -4.42. The molecule has 1 saturated carbocycles. The number of hydrogen-bond acceptors (Lipinski definition) is 3. The zero-order valence-electron chi connectivity index (χ0n) is 14.8. The number of para-hydroxylation sites is 1. The normalized spacial score (nSPS) is 16.1. The van der Waals surface area contributed by atoms with Crippen molar-refractivity contribution < 1.29 is 21.6 Å². The Labute approximate surface area is 160 Å². The first-order valence-electron chi connectivity index (χ1n) is 8.93. The summed E-state index contributed by atoms with van der Waals surface area (Å²) >= 11 is 0. The van der Waals surface area contributed by atoms with Crippen molar-refractivity contribution in [3.05, 3.63) is 48.0 Å². The van der Waals surface area contributed by atoms with Gasteiger partial charge in [0.1, 0.15) is 16.2 Å². The molecule has 1 aliphatic rings. The molecule has 3 aromatic rings. The van der Waals surface area contributed by atoms with Gasteiger partial charge in [-0.3, -0.25) is 0 Å². The maximum absolute atomic E-state index is 12.8. The van der Waals surface area contributed by atoms with E-state index >= 15 is 0 Å². The molecule has 0 unspecified atom stereocenters. The fourth-order valence-electron chi connectivity index (χ4n) is 3.50. The van der Waals surface area contributed by atoms with E-state index in [4.69, 9.17) is 0 Å². The van der Waals surface area contributed by atoms with Gasteiger partial charge in [0.15, 0.2) is 0 Å². The van der Waals surface area contributed by atoms with Gasteiger partial charge < -0.3 is 4.98 Å². The number of aromatic amines is 1.